The van der Waals surface area contributed by atoms with Crippen LogP contribution in [0.5, 0.6) is 0 Å². The second-order valence-corrected chi connectivity index (χ2v) is 4.53. The van der Waals surface area contributed by atoms with E-state index in [4.69, 9.17) is 0 Å². The van der Waals surface area contributed by atoms with Gasteiger partial charge in [0.25, 0.3) is 0 Å². The van der Waals surface area contributed by atoms with Crippen molar-refractivity contribution in [2.75, 3.05) is 6.54 Å². The van der Waals surface area contributed by atoms with Crippen molar-refractivity contribution in [1.82, 2.24) is 10.3 Å². The molecule has 1 aromatic heterocycles. The molecule has 0 radical (unpaired) electrons. The average Bonchev–Trinajstić information content (AvgIpc) is 2.35. The number of rotatable bonds is 4. The molecule has 2 aromatic rings. The molecule has 0 saturated heterocycles. The first-order chi connectivity index (χ1) is 8.16. The summed E-state index contributed by atoms with van der Waals surface area (Å²) in [4.78, 5) is 4.29. The zero-order chi connectivity index (χ0) is 12.3. The van der Waals surface area contributed by atoms with Crippen LogP contribution >= 0.6 is 0 Å². The lowest BCUT2D eigenvalue weighted by atomic mass is 10.1. The number of hydrogen-bond acceptors (Lipinski definition) is 3. The molecule has 0 aliphatic heterocycles. The molecule has 0 fully saturated rings. The summed E-state index contributed by atoms with van der Waals surface area (Å²) in [5.74, 6) is 0. The number of hydrogen-bond donors (Lipinski definition) is 2. The highest BCUT2D eigenvalue weighted by atomic mass is 16.3. The predicted octanol–water partition coefficient (Wildman–Crippen LogP) is 2.27. The molecule has 2 rings (SSSR count). The van der Waals surface area contributed by atoms with Gasteiger partial charge in [-0.1, -0.05) is 32.0 Å². The minimum absolute atomic E-state index is 0.378. The fourth-order valence-electron chi connectivity index (χ4n) is 1.76. The summed E-state index contributed by atoms with van der Waals surface area (Å²) in [6, 6.07) is 10.2. The lowest BCUT2D eigenvalue weighted by molar-refractivity contribution is 0.172. The van der Waals surface area contributed by atoms with E-state index in [2.05, 4.69) is 24.1 Å². The van der Waals surface area contributed by atoms with Gasteiger partial charge in [0.2, 0.25) is 0 Å². The normalized spacial score (nSPS) is 13.2. The second kappa shape index (κ2) is 5.25. The highest BCUT2D eigenvalue weighted by molar-refractivity contribution is 5.78. The third-order valence-electron chi connectivity index (χ3n) is 2.73. The molecule has 0 aliphatic carbocycles. The van der Waals surface area contributed by atoms with Gasteiger partial charge in [-0.25, -0.2) is 0 Å². The van der Waals surface area contributed by atoms with Crippen LogP contribution in [0.2, 0.25) is 0 Å². The van der Waals surface area contributed by atoms with Crippen molar-refractivity contribution in [3.63, 3.8) is 0 Å². The molecule has 0 aliphatic rings. The van der Waals surface area contributed by atoms with Crippen molar-refractivity contribution < 1.29 is 5.11 Å². The monoisotopic (exact) mass is 230 g/mol. The van der Waals surface area contributed by atoms with Gasteiger partial charge >= 0.3 is 0 Å². The first-order valence-electron chi connectivity index (χ1n) is 5.93. The maximum absolute atomic E-state index is 10.0. The zero-order valence-corrected chi connectivity index (χ0v) is 10.2. The summed E-state index contributed by atoms with van der Waals surface area (Å²) in [7, 11) is 0. The Morgan fingerprint density at radius 1 is 1.29 bits per heavy atom. The number of aromatic nitrogens is 1. The summed E-state index contributed by atoms with van der Waals surface area (Å²) in [5, 5.41) is 14.4. The average molecular weight is 230 g/mol. The van der Waals surface area contributed by atoms with Gasteiger partial charge in [0, 0.05) is 24.2 Å². The molecule has 0 spiro atoms. The summed E-state index contributed by atoms with van der Waals surface area (Å²) >= 11 is 0. The Morgan fingerprint density at radius 3 is 2.88 bits per heavy atom. The number of aliphatic hydroxyl groups is 1. The van der Waals surface area contributed by atoms with Crippen LogP contribution in [0, 0.1) is 0 Å². The number of aliphatic hydroxyl groups excluding tert-OH is 1. The van der Waals surface area contributed by atoms with Gasteiger partial charge in [0.1, 0.15) is 0 Å². The van der Waals surface area contributed by atoms with E-state index >= 15 is 0 Å². The number of nitrogens with zero attached hydrogens (tertiary/aromatic N) is 1. The largest absolute Gasteiger partial charge is 0.387 e. The Kier molecular flexibility index (Phi) is 3.71. The van der Waals surface area contributed by atoms with E-state index in [1.165, 1.54) is 0 Å². The number of benzene rings is 1. The quantitative estimate of drug-likeness (QED) is 0.847. The van der Waals surface area contributed by atoms with Gasteiger partial charge < -0.3 is 10.4 Å². The van der Waals surface area contributed by atoms with Crippen molar-refractivity contribution in [2.45, 2.75) is 26.0 Å². The molecular formula is C14H18N2O. The van der Waals surface area contributed by atoms with Gasteiger partial charge in [-0.15, -0.1) is 0 Å². The Hall–Kier alpha value is -1.45. The van der Waals surface area contributed by atoms with Crippen molar-refractivity contribution in [1.29, 1.82) is 0 Å². The van der Waals surface area contributed by atoms with E-state index < -0.39 is 6.10 Å². The van der Waals surface area contributed by atoms with Crippen LogP contribution < -0.4 is 5.32 Å². The topological polar surface area (TPSA) is 45.1 Å². The van der Waals surface area contributed by atoms with Crippen LogP contribution in [0.3, 0.4) is 0 Å². The molecule has 0 saturated carbocycles. The van der Waals surface area contributed by atoms with Gasteiger partial charge in [-0.2, -0.15) is 0 Å². The van der Waals surface area contributed by atoms with Crippen LogP contribution in [-0.4, -0.2) is 22.7 Å². The van der Waals surface area contributed by atoms with Gasteiger partial charge in [-0.05, 0) is 17.7 Å². The standard InChI is InChI=1S/C14H18N2O/c1-10(2)16-9-14(17)12-6-5-11-4-3-7-15-13(11)8-12/h3-8,10,14,16-17H,9H2,1-2H3. The van der Waals surface area contributed by atoms with Gasteiger partial charge in [0.05, 0.1) is 11.6 Å². The van der Waals surface area contributed by atoms with Crippen molar-refractivity contribution in [2.24, 2.45) is 0 Å². The predicted molar refractivity (Wildman–Crippen MR) is 69.8 cm³/mol. The van der Waals surface area contributed by atoms with Gasteiger partial charge in [-0.3, -0.25) is 4.98 Å². The maximum atomic E-state index is 10.0. The third kappa shape index (κ3) is 3.02. The molecular weight excluding hydrogens is 212 g/mol. The Labute approximate surface area is 102 Å². The smallest absolute Gasteiger partial charge is 0.0915 e. The Balaban J connectivity index is 2.18. The van der Waals surface area contributed by atoms with Crippen LogP contribution in [0.15, 0.2) is 36.5 Å². The molecule has 90 valence electrons. The summed E-state index contributed by atoms with van der Waals surface area (Å²) in [5.41, 5.74) is 1.83. The minimum Gasteiger partial charge on any atom is -0.387 e. The van der Waals surface area contributed by atoms with E-state index in [-0.39, 0.29) is 0 Å². The molecule has 2 N–H and O–H groups in total. The van der Waals surface area contributed by atoms with E-state index in [0.717, 1.165) is 16.5 Å². The van der Waals surface area contributed by atoms with E-state index in [1.807, 2.05) is 30.3 Å². The fraction of sp³-hybridized carbons (Fsp3) is 0.357. The second-order valence-electron chi connectivity index (χ2n) is 4.53. The SMILES string of the molecule is CC(C)NCC(O)c1ccc2cccnc2c1. The van der Waals surface area contributed by atoms with E-state index in [9.17, 15) is 5.11 Å². The van der Waals surface area contributed by atoms with Crippen LogP contribution in [-0.2, 0) is 0 Å². The van der Waals surface area contributed by atoms with Crippen LogP contribution in [0.4, 0.5) is 0 Å². The first kappa shape index (κ1) is 12.0. The molecule has 3 heteroatoms. The summed E-state index contributed by atoms with van der Waals surface area (Å²) in [6.07, 6.45) is 1.29. The van der Waals surface area contributed by atoms with Crippen molar-refractivity contribution >= 4 is 10.9 Å². The number of pyridine rings is 1. The fourth-order valence-corrected chi connectivity index (χ4v) is 1.76. The molecule has 1 atom stereocenters. The molecule has 1 heterocycles. The third-order valence-corrected chi connectivity index (χ3v) is 2.73. The van der Waals surface area contributed by atoms with Crippen molar-refractivity contribution in [3.05, 3.63) is 42.1 Å². The van der Waals surface area contributed by atoms with E-state index in [1.54, 1.807) is 6.20 Å². The Morgan fingerprint density at radius 2 is 2.12 bits per heavy atom. The zero-order valence-electron chi connectivity index (χ0n) is 10.2. The van der Waals surface area contributed by atoms with Crippen LogP contribution in [0.25, 0.3) is 10.9 Å². The highest BCUT2D eigenvalue weighted by Gasteiger charge is 2.08. The summed E-state index contributed by atoms with van der Waals surface area (Å²) < 4.78 is 0. The summed E-state index contributed by atoms with van der Waals surface area (Å²) in [6.45, 7) is 4.69. The Bertz CT molecular complexity index is 496. The molecule has 3 nitrogen and oxygen atoms in total. The molecule has 0 amide bonds. The van der Waals surface area contributed by atoms with Gasteiger partial charge in [0.15, 0.2) is 0 Å². The number of nitrogens with one attached hydrogen (secondary N) is 1. The lowest BCUT2D eigenvalue weighted by Gasteiger charge is -2.14. The first-order valence-corrected chi connectivity index (χ1v) is 5.93. The lowest BCUT2D eigenvalue weighted by Crippen LogP contribution is -2.27. The molecule has 17 heavy (non-hydrogen) atoms. The van der Waals surface area contributed by atoms with Crippen LogP contribution in [0.1, 0.15) is 25.5 Å². The minimum atomic E-state index is -0.483. The molecule has 1 unspecified atom stereocenters. The molecule has 1 aromatic carbocycles. The highest BCUT2D eigenvalue weighted by Crippen LogP contribution is 2.18. The maximum Gasteiger partial charge on any atom is 0.0915 e. The number of fused-ring (bicyclic) bond motifs is 1. The van der Waals surface area contributed by atoms with E-state index in [0.29, 0.717) is 12.6 Å². The molecule has 0 bridgehead atoms. The van der Waals surface area contributed by atoms with Crippen molar-refractivity contribution in [3.8, 4) is 0 Å².